The Kier molecular flexibility index (Phi) is 6.63. The maximum atomic E-state index is 12.3. The van der Waals surface area contributed by atoms with Crippen molar-refractivity contribution in [2.45, 2.75) is 26.5 Å². The third kappa shape index (κ3) is 4.99. The minimum absolute atomic E-state index is 0.139. The zero-order chi connectivity index (χ0) is 17.4. The molecule has 0 bridgehead atoms. The number of rotatable bonds is 7. The Morgan fingerprint density at radius 3 is 2.71 bits per heavy atom. The van der Waals surface area contributed by atoms with Crippen LogP contribution in [0.15, 0.2) is 48.5 Å². The molecule has 5 nitrogen and oxygen atoms in total. The van der Waals surface area contributed by atoms with E-state index in [2.05, 4.69) is 10.6 Å². The lowest BCUT2D eigenvalue weighted by Gasteiger charge is -2.17. The van der Waals surface area contributed by atoms with E-state index in [1.165, 1.54) is 0 Å². The molecular weight excluding hydrogens is 304 g/mol. The van der Waals surface area contributed by atoms with Gasteiger partial charge in [0.1, 0.15) is 5.75 Å². The maximum Gasteiger partial charge on any atom is 0.319 e. The van der Waals surface area contributed by atoms with Gasteiger partial charge in [-0.05, 0) is 37.6 Å². The lowest BCUT2D eigenvalue weighted by Crippen LogP contribution is -2.31. The van der Waals surface area contributed by atoms with E-state index in [0.717, 1.165) is 22.6 Å². The van der Waals surface area contributed by atoms with E-state index in [-0.39, 0.29) is 12.1 Å². The lowest BCUT2D eigenvalue weighted by atomic mass is 10.1. The Labute approximate surface area is 143 Å². The average molecular weight is 328 g/mol. The Bertz CT molecular complexity index is 673. The first-order valence-corrected chi connectivity index (χ1v) is 8.01. The van der Waals surface area contributed by atoms with Crippen LogP contribution in [0.25, 0.3) is 0 Å². The van der Waals surface area contributed by atoms with Gasteiger partial charge >= 0.3 is 6.03 Å². The summed E-state index contributed by atoms with van der Waals surface area (Å²) in [6.45, 7) is 4.94. The predicted octanol–water partition coefficient (Wildman–Crippen LogP) is 4.11. The summed E-state index contributed by atoms with van der Waals surface area (Å²) in [6, 6.07) is 14.9. The molecule has 0 aliphatic rings. The van der Waals surface area contributed by atoms with Crippen LogP contribution in [0.4, 0.5) is 10.5 Å². The van der Waals surface area contributed by atoms with E-state index in [1.54, 1.807) is 7.11 Å². The smallest absolute Gasteiger partial charge is 0.319 e. The summed E-state index contributed by atoms with van der Waals surface area (Å²) in [4.78, 5) is 12.3. The fourth-order valence-corrected chi connectivity index (χ4v) is 2.40. The van der Waals surface area contributed by atoms with Crippen LogP contribution in [0.3, 0.4) is 0 Å². The summed E-state index contributed by atoms with van der Waals surface area (Å²) in [5.74, 6) is 0.800. The molecule has 0 saturated carbocycles. The van der Waals surface area contributed by atoms with Crippen LogP contribution in [0.2, 0.25) is 0 Å². The topological polar surface area (TPSA) is 59.6 Å². The van der Waals surface area contributed by atoms with Gasteiger partial charge in [0, 0.05) is 18.4 Å². The zero-order valence-corrected chi connectivity index (χ0v) is 14.3. The highest BCUT2D eigenvalue weighted by atomic mass is 16.5. The highest BCUT2D eigenvalue weighted by Crippen LogP contribution is 2.20. The molecule has 1 atom stereocenters. The van der Waals surface area contributed by atoms with Crippen molar-refractivity contribution in [3.8, 4) is 5.75 Å². The quantitative estimate of drug-likeness (QED) is 0.804. The largest absolute Gasteiger partial charge is 0.494 e. The van der Waals surface area contributed by atoms with Crippen molar-refractivity contribution in [3.05, 3.63) is 59.7 Å². The van der Waals surface area contributed by atoms with Gasteiger partial charge in [-0.3, -0.25) is 0 Å². The molecule has 2 aromatic carbocycles. The number of amides is 2. The van der Waals surface area contributed by atoms with Crippen molar-refractivity contribution in [3.63, 3.8) is 0 Å². The van der Waals surface area contributed by atoms with Crippen molar-refractivity contribution in [1.29, 1.82) is 0 Å². The number of benzene rings is 2. The molecule has 2 aromatic rings. The molecule has 128 valence electrons. The van der Waals surface area contributed by atoms with Crippen LogP contribution in [0, 0.1) is 0 Å². The number of urea groups is 1. The molecule has 0 radical (unpaired) electrons. The minimum Gasteiger partial charge on any atom is -0.494 e. The second kappa shape index (κ2) is 8.93. The van der Waals surface area contributed by atoms with Crippen molar-refractivity contribution in [2.75, 3.05) is 19.0 Å². The molecule has 0 spiro atoms. The predicted molar refractivity (Wildman–Crippen MR) is 95.3 cm³/mol. The summed E-state index contributed by atoms with van der Waals surface area (Å²) in [6.07, 6.45) is 0. The molecule has 0 heterocycles. The molecule has 0 unspecified atom stereocenters. The molecule has 2 rings (SSSR count). The summed E-state index contributed by atoms with van der Waals surface area (Å²) in [7, 11) is 1.63. The molecule has 0 aromatic heterocycles. The molecule has 0 aliphatic heterocycles. The summed E-state index contributed by atoms with van der Waals surface area (Å²) in [5, 5.41) is 5.81. The van der Waals surface area contributed by atoms with Gasteiger partial charge in [0.05, 0.1) is 19.3 Å². The normalized spacial score (nSPS) is 11.6. The molecule has 0 saturated heterocycles. The van der Waals surface area contributed by atoms with Gasteiger partial charge in [0.15, 0.2) is 0 Å². The van der Waals surface area contributed by atoms with Crippen LogP contribution in [0.5, 0.6) is 5.75 Å². The summed E-state index contributed by atoms with van der Waals surface area (Å²) < 4.78 is 10.6. The third-order valence-electron chi connectivity index (χ3n) is 3.58. The molecule has 2 amide bonds. The number of methoxy groups -OCH3 is 1. The summed E-state index contributed by atoms with van der Waals surface area (Å²) in [5.41, 5.74) is 2.66. The molecule has 5 heteroatoms. The number of ether oxygens (including phenoxy) is 2. The Hall–Kier alpha value is -2.53. The van der Waals surface area contributed by atoms with Gasteiger partial charge in [-0.25, -0.2) is 4.79 Å². The number of nitrogens with one attached hydrogen (secondary N) is 2. The van der Waals surface area contributed by atoms with Gasteiger partial charge in [0.25, 0.3) is 0 Å². The molecule has 2 N–H and O–H groups in total. The van der Waals surface area contributed by atoms with Crippen LogP contribution in [-0.4, -0.2) is 19.7 Å². The fourth-order valence-electron chi connectivity index (χ4n) is 2.40. The van der Waals surface area contributed by atoms with Crippen molar-refractivity contribution < 1.29 is 14.3 Å². The monoisotopic (exact) mass is 328 g/mol. The Balaban J connectivity index is 2.00. The van der Waals surface area contributed by atoms with Gasteiger partial charge in [0.2, 0.25) is 0 Å². The van der Waals surface area contributed by atoms with E-state index in [1.807, 2.05) is 62.4 Å². The second-order valence-corrected chi connectivity index (χ2v) is 5.42. The van der Waals surface area contributed by atoms with E-state index < -0.39 is 0 Å². The average Bonchev–Trinajstić information content (AvgIpc) is 2.57. The van der Waals surface area contributed by atoms with Crippen LogP contribution >= 0.6 is 0 Å². The van der Waals surface area contributed by atoms with Crippen molar-refractivity contribution in [1.82, 2.24) is 5.32 Å². The highest BCUT2D eigenvalue weighted by molar-refractivity contribution is 5.90. The first-order chi connectivity index (χ1) is 11.6. The Morgan fingerprint density at radius 2 is 1.96 bits per heavy atom. The van der Waals surface area contributed by atoms with Crippen molar-refractivity contribution >= 4 is 11.7 Å². The molecule has 24 heavy (non-hydrogen) atoms. The standard InChI is InChI=1S/C19H24N2O3/c1-4-24-17-10-7-9-15(12-17)14(2)20-19(22)21-18-11-6-5-8-16(18)13-23-3/h5-12,14H,4,13H2,1-3H3,(H2,20,21,22)/t14-/m0/s1. The number of hydrogen-bond donors (Lipinski definition) is 2. The first kappa shape index (κ1) is 17.8. The molecule has 0 aliphatic carbocycles. The SMILES string of the molecule is CCOc1cccc([C@H](C)NC(=O)Nc2ccccc2COC)c1. The zero-order valence-electron chi connectivity index (χ0n) is 14.3. The second-order valence-electron chi connectivity index (χ2n) is 5.42. The third-order valence-corrected chi connectivity index (χ3v) is 3.58. The molecular formula is C19H24N2O3. The van der Waals surface area contributed by atoms with Gasteiger partial charge in [-0.2, -0.15) is 0 Å². The molecule has 0 fully saturated rings. The number of para-hydroxylation sites is 1. The van der Waals surface area contributed by atoms with Crippen LogP contribution in [0.1, 0.15) is 31.0 Å². The van der Waals surface area contributed by atoms with Gasteiger partial charge in [-0.15, -0.1) is 0 Å². The maximum absolute atomic E-state index is 12.3. The fraction of sp³-hybridized carbons (Fsp3) is 0.316. The number of carbonyl (C=O) groups is 1. The Morgan fingerprint density at radius 1 is 1.17 bits per heavy atom. The van der Waals surface area contributed by atoms with E-state index in [0.29, 0.717) is 13.2 Å². The number of carbonyl (C=O) groups excluding carboxylic acids is 1. The number of hydrogen-bond acceptors (Lipinski definition) is 3. The van der Waals surface area contributed by atoms with Gasteiger partial charge in [-0.1, -0.05) is 30.3 Å². The minimum atomic E-state index is -0.257. The highest BCUT2D eigenvalue weighted by Gasteiger charge is 2.12. The first-order valence-electron chi connectivity index (χ1n) is 8.01. The van der Waals surface area contributed by atoms with Crippen LogP contribution < -0.4 is 15.4 Å². The van der Waals surface area contributed by atoms with E-state index in [9.17, 15) is 4.79 Å². The van der Waals surface area contributed by atoms with Crippen molar-refractivity contribution in [2.24, 2.45) is 0 Å². The summed E-state index contributed by atoms with van der Waals surface area (Å²) >= 11 is 0. The lowest BCUT2D eigenvalue weighted by molar-refractivity contribution is 0.185. The van der Waals surface area contributed by atoms with Crippen LogP contribution in [-0.2, 0) is 11.3 Å². The number of anilines is 1. The van der Waals surface area contributed by atoms with Gasteiger partial charge < -0.3 is 20.1 Å². The van der Waals surface area contributed by atoms with E-state index in [4.69, 9.17) is 9.47 Å². The van der Waals surface area contributed by atoms with E-state index >= 15 is 0 Å².